The van der Waals surface area contributed by atoms with E-state index in [4.69, 9.17) is 18.9 Å². The van der Waals surface area contributed by atoms with Crippen LogP contribution < -0.4 is 34.0 Å². The molecular formula is C30H27N4O8+. The van der Waals surface area contributed by atoms with Crippen LogP contribution in [-0.2, 0) is 0 Å². The number of para-hydroxylation sites is 2. The fourth-order valence-corrected chi connectivity index (χ4v) is 4.53. The fraction of sp³-hybridized carbons (Fsp3) is 0.133. The first kappa shape index (κ1) is 27.8. The zero-order valence-corrected chi connectivity index (χ0v) is 23.1. The van der Waals surface area contributed by atoms with Crippen molar-refractivity contribution < 1.29 is 38.2 Å². The first-order valence-electron chi connectivity index (χ1n) is 12.6. The van der Waals surface area contributed by atoms with Crippen LogP contribution in [0.15, 0.2) is 72.8 Å². The zero-order valence-electron chi connectivity index (χ0n) is 23.1. The van der Waals surface area contributed by atoms with E-state index in [1.807, 2.05) is 0 Å². The first-order chi connectivity index (χ1) is 20.3. The maximum absolute atomic E-state index is 13.4. The van der Waals surface area contributed by atoms with Crippen molar-refractivity contribution in [3.63, 3.8) is 0 Å². The Labute approximate surface area is 239 Å². The van der Waals surface area contributed by atoms with E-state index in [2.05, 4.69) is 10.6 Å². The molecule has 3 N–H and O–H groups in total. The Morgan fingerprint density at radius 1 is 0.643 bits per heavy atom. The number of benzene rings is 4. The number of hydrogen-bond acceptors (Lipinski definition) is 8. The Hall–Kier alpha value is -5.78. The Morgan fingerprint density at radius 2 is 1.14 bits per heavy atom. The molecule has 2 amide bonds. The molecular weight excluding hydrogens is 544 g/mol. The number of fused-ring (bicyclic) bond motifs is 2. The number of carbonyl (C=O) groups is 2. The van der Waals surface area contributed by atoms with Gasteiger partial charge < -0.3 is 34.8 Å². The van der Waals surface area contributed by atoms with Crippen LogP contribution in [0.4, 0.5) is 11.4 Å². The summed E-state index contributed by atoms with van der Waals surface area (Å²) in [4.78, 5) is 40.0. The van der Waals surface area contributed by atoms with Crippen LogP contribution in [-0.4, -0.2) is 50.2 Å². The van der Waals surface area contributed by atoms with Gasteiger partial charge in [0, 0.05) is 28.2 Å². The van der Waals surface area contributed by atoms with Gasteiger partial charge in [0.15, 0.2) is 34.0 Å². The second-order valence-corrected chi connectivity index (χ2v) is 9.03. The number of ether oxygens (including phenoxy) is 4. The van der Waals surface area contributed by atoms with E-state index in [0.29, 0.717) is 27.4 Å². The second kappa shape index (κ2) is 11.4. The third-order valence-electron chi connectivity index (χ3n) is 6.68. The van der Waals surface area contributed by atoms with E-state index < -0.39 is 11.8 Å². The van der Waals surface area contributed by atoms with Gasteiger partial charge in [0.1, 0.15) is 0 Å². The minimum atomic E-state index is -0.549. The van der Waals surface area contributed by atoms with Gasteiger partial charge in [0.05, 0.1) is 44.2 Å². The summed E-state index contributed by atoms with van der Waals surface area (Å²) in [6.07, 6.45) is 0. The van der Waals surface area contributed by atoms with Crippen molar-refractivity contribution in [2.24, 2.45) is 0 Å². The molecule has 0 radical (unpaired) electrons. The summed E-state index contributed by atoms with van der Waals surface area (Å²) >= 11 is 0. The molecule has 0 aliphatic carbocycles. The number of rotatable bonds is 8. The molecule has 0 unspecified atom stereocenters. The molecule has 1 heterocycles. The second-order valence-electron chi connectivity index (χ2n) is 9.03. The molecule has 42 heavy (non-hydrogen) atoms. The smallest absolute Gasteiger partial charge is 0.292 e. The molecule has 5 aromatic rings. The summed E-state index contributed by atoms with van der Waals surface area (Å²) in [6.45, 7) is 0. The maximum Gasteiger partial charge on any atom is 0.292 e. The molecule has 5 rings (SSSR count). The lowest BCUT2D eigenvalue weighted by Gasteiger charge is -2.15. The van der Waals surface area contributed by atoms with E-state index in [1.54, 1.807) is 48.5 Å². The van der Waals surface area contributed by atoms with Gasteiger partial charge in [-0.1, -0.05) is 12.1 Å². The van der Waals surface area contributed by atoms with Crippen molar-refractivity contribution in [1.82, 2.24) is 4.73 Å². The van der Waals surface area contributed by atoms with Crippen molar-refractivity contribution >= 4 is 45.3 Å². The Morgan fingerprint density at radius 3 is 1.67 bits per heavy atom. The largest absolute Gasteiger partial charge is 0.493 e. The van der Waals surface area contributed by atoms with Gasteiger partial charge in [-0.3, -0.25) is 9.59 Å². The minimum Gasteiger partial charge on any atom is -0.493 e. The lowest BCUT2D eigenvalue weighted by molar-refractivity contribution is -0.433. The van der Waals surface area contributed by atoms with Crippen LogP contribution in [0.3, 0.4) is 0 Å². The molecule has 4 aromatic carbocycles. The van der Waals surface area contributed by atoms with Gasteiger partial charge in [0.2, 0.25) is 0 Å². The van der Waals surface area contributed by atoms with E-state index in [9.17, 15) is 19.7 Å². The molecule has 1 aromatic heterocycles. The fourth-order valence-electron chi connectivity index (χ4n) is 4.53. The number of hydrogen-bond donors (Lipinski definition) is 3. The highest BCUT2D eigenvalue weighted by molar-refractivity contribution is 6.11. The van der Waals surface area contributed by atoms with Crippen molar-refractivity contribution in [3.8, 4) is 23.0 Å². The number of nitrogens with one attached hydrogen (secondary N) is 2. The average Bonchev–Trinajstić information content (AvgIpc) is 3.03. The summed E-state index contributed by atoms with van der Waals surface area (Å²) in [5.41, 5.74) is 1.28. The Bertz CT molecular complexity index is 1920. The molecule has 0 saturated carbocycles. The standard InChI is InChI=1S/C30H26N4O8/c1-39-25-11-9-17(13-27(25)41-3)29(35)31-19-15-23-24(34(38)22-8-6-5-7-21(22)33(23)37)16-20(19)32-30(36)18-10-12-26(40-2)28(14-18)42-4/h5-16,37H,1-4H3,(H-,31,32,35,36,38)/p+1. The van der Waals surface area contributed by atoms with Gasteiger partial charge >= 0.3 is 0 Å². The van der Waals surface area contributed by atoms with E-state index in [1.165, 1.54) is 52.7 Å². The van der Waals surface area contributed by atoms with Crippen molar-refractivity contribution in [2.75, 3.05) is 39.1 Å². The predicted molar refractivity (Wildman–Crippen MR) is 155 cm³/mol. The maximum atomic E-state index is 13.4. The topological polar surface area (TPSA) is 143 Å². The Balaban J connectivity index is 1.63. The van der Waals surface area contributed by atoms with Gasteiger partial charge in [0.25, 0.3) is 22.8 Å². The Kier molecular flexibility index (Phi) is 7.52. The molecule has 214 valence electrons. The normalized spacial score (nSPS) is 10.8. The van der Waals surface area contributed by atoms with E-state index in [-0.39, 0.29) is 44.6 Å². The van der Waals surface area contributed by atoms with Crippen LogP contribution in [0.2, 0.25) is 0 Å². The van der Waals surface area contributed by atoms with Crippen molar-refractivity contribution in [3.05, 3.63) is 88.8 Å². The van der Waals surface area contributed by atoms with E-state index >= 15 is 0 Å². The number of amides is 2. The third-order valence-corrected chi connectivity index (χ3v) is 6.68. The molecule has 0 spiro atoms. The highest BCUT2D eigenvalue weighted by Gasteiger charge is 2.23. The van der Waals surface area contributed by atoms with Crippen LogP contribution >= 0.6 is 0 Å². The first-order valence-corrected chi connectivity index (χ1v) is 12.6. The van der Waals surface area contributed by atoms with Crippen molar-refractivity contribution in [1.29, 1.82) is 0 Å². The molecule has 0 saturated heterocycles. The zero-order chi connectivity index (χ0) is 30.0. The molecule has 0 aliphatic heterocycles. The minimum absolute atomic E-state index is 0.0444. The monoisotopic (exact) mass is 571 g/mol. The van der Waals surface area contributed by atoms with E-state index in [0.717, 1.165) is 4.73 Å². The summed E-state index contributed by atoms with van der Waals surface area (Å²) in [5.74, 6) is 0.475. The summed E-state index contributed by atoms with van der Waals surface area (Å²) in [7, 11) is 5.87. The molecule has 0 bridgehead atoms. The summed E-state index contributed by atoms with van der Waals surface area (Å²) in [6, 6.07) is 18.5. The summed E-state index contributed by atoms with van der Waals surface area (Å²) < 4.78 is 22.6. The highest BCUT2D eigenvalue weighted by atomic mass is 16.5. The van der Waals surface area contributed by atoms with Gasteiger partial charge in [-0.25, -0.2) is 0 Å². The van der Waals surface area contributed by atoms with Gasteiger partial charge in [-0.2, -0.15) is 4.73 Å². The highest BCUT2D eigenvalue weighted by Crippen LogP contribution is 2.32. The molecule has 0 aliphatic rings. The number of aromatic nitrogens is 2. The van der Waals surface area contributed by atoms with Crippen molar-refractivity contribution in [2.45, 2.75) is 0 Å². The number of carbonyl (C=O) groups excluding carboxylic acids is 2. The van der Waals surface area contributed by atoms with Crippen LogP contribution in [0.1, 0.15) is 20.7 Å². The molecule has 12 heteroatoms. The quantitative estimate of drug-likeness (QED) is 0.141. The number of methoxy groups -OCH3 is 4. The third kappa shape index (κ3) is 4.96. The van der Waals surface area contributed by atoms with Crippen LogP contribution in [0, 0.1) is 4.91 Å². The lowest BCUT2D eigenvalue weighted by atomic mass is 10.1. The molecule has 0 atom stereocenters. The van der Waals surface area contributed by atoms with Gasteiger partial charge in [-0.15, -0.1) is 0 Å². The number of anilines is 2. The number of nitrogens with zero attached hydrogens (tertiary/aromatic N) is 2. The molecule has 0 fully saturated rings. The SMILES string of the molecule is COc1ccc(C(=O)Nc2cc3c(cc2NC(=O)c2ccc(OC)c(OC)c2)[n+](=O)c2ccccc2n3O)cc1OC. The summed E-state index contributed by atoms with van der Waals surface area (Å²) in [5, 5.41) is 16.5. The average molecular weight is 572 g/mol. The van der Waals surface area contributed by atoms with Crippen LogP contribution in [0.5, 0.6) is 23.0 Å². The molecule has 12 nitrogen and oxygen atoms in total. The lowest BCUT2D eigenvalue weighted by Crippen LogP contribution is -2.22. The predicted octanol–water partition coefficient (Wildman–Crippen LogP) is 4.49. The van der Waals surface area contributed by atoms with Gasteiger partial charge in [-0.05, 0) is 48.5 Å². The van der Waals surface area contributed by atoms with Crippen LogP contribution in [0.25, 0.3) is 22.1 Å².